The number of halogens is 1. The highest BCUT2D eigenvalue weighted by molar-refractivity contribution is 6.27. The van der Waals surface area contributed by atoms with Crippen molar-refractivity contribution in [3.05, 3.63) is 59.4 Å². The number of nitrogens with zero attached hydrogens (tertiary/aromatic N) is 4. The molecule has 0 radical (unpaired) electrons. The lowest BCUT2D eigenvalue weighted by Crippen LogP contribution is -2.33. The monoisotopic (exact) mass is 581 g/mol. The molecule has 0 bridgehead atoms. The molecule has 2 aromatic heterocycles. The quantitative estimate of drug-likeness (QED) is 0.173. The molecular weight excluding hydrogens is 546 g/mol. The number of imidazole rings is 1. The van der Waals surface area contributed by atoms with Crippen LogP contribution in [0.5, 0.6) is 5.75 Å². The van der Waals surface area contributed by atoms with Gasteiger partial charge in [0.2, 0.25) is 5.91 Å². The zero-order valence-electron chi connectivity index (χ0n) is 23.7. The summed E-state index contributed by atoms with van der Waals surface area (Å²) in [7, 11) is 1.66. The first kappa shape index (κ1) is 30.1. The number of carbonyl (C=O) groups excluding carboxylic acids is 2. The number of ether oxygens (including phenoxy) is 3. The average Bonchev–Trinajstić information content (AvgIpc) is 3.34. The Balaban J connectivity index is 1.54. The van der Waals surface area contributed by atoms with Crippen molar-refractivity contribution >= 4 is 51.2 Å². The van der Waals surface area contributed by atoms with Crippen molar-refractivity contribution in [3.63, 3.8) is 0 Å². The van der Waals surface area contributed by atoms with Gasteiger partial charge in [0.05, 0.1) is 24.2 Å². The highest BCUT2D eigenvalue weighted by Gasteiger charge is 2.19. The molecule has 0 saturated carbocycles. The molecule has 2 N–H and O–H groups in total. The molecule has 218 valence electrons. The van der Waals surface area contributed by atoms with Crippen molar-refractivity contribution in [1.29, 1.82) is 0 Å². The number of pyridine rings is 1. The lowest BCUT2D eigenvalue weighted by atomic mass is 10.1. The van der Waals surface area contributed by atoms with E-state index in [9.17, 15) is 9.59 Å². The highest BCUT2D eigenvalue weighted by atomic mass is 35.5. The Morgan fingerprint density at radius 3 is 2.71 bits per heavy atom. The minimum atomic E-state index is -0.432. The Morgan fingerprint density at radius 1 is 1.15 bits per heavy atom. The maximum Gasteiger partial charge on any atom is 0.344 e. The lowest BCUT2D eigenvalue weighted by molar-refractivity contribution is -0.145. The largest absolute Gasteiger partial charge is 0.482 e. The van der Waals surface area contributed by atoms with Crippen molar-refractivity contribution in [2.45, 2.75) is 39.8 Å². The SMILES string of the molecule is CCOC(=O)COc1cc(CN(CCCn2c(CCOC)nc3c(N)nc4ccccc4c32)C(=O)CCl)ccc1C. The molecule has 0 saturated heterocycles. The fraction of sp³-hybridized carbons (Fsp3) is 0.400. The Bertz CT molecular complexity index is 1520. The number of methoxy groups -OCH3 is 1. The van der Waals surface area contributed by atoms with Gasteiger partial charge in [0, 0.05) is 38.6 Å². The fourth-order valence-electron chi connectivity index (χ4n) is 4.78. The number of carbonyl (C=O) groups is 2. The van der Waals surface area contributed by atoms with Crippen LogP contribution in [-0.4, -0.2) is 70.7 Å². The summed E-state index contributed by atoms with van der Waals surface area (Å²) in [6.45, 7) is 5.70. The van der Waals surface area contributed by atoms with Crippen LogP contribution in [-0.2, 0) is 38.6 Å². The maximum atomic E-state index is 12.8. The summed E-state index contributed by atoms with van der Waals surface area (Å²) in [6.07, 6.45) is 1.27. The number of nitrogens with two attached hydrogens (primary N) is 1. The molecule has 2 aromatic carbocycles. The molecule has 41 heavy (non-hydrogen) atoms. The van der Waals surface area contributed by atoms with Crippen LogP contribution >= 0.6 is 11.6 Å². The van der Waals surface area contributed by atoms with Crippen LogP contribution < -0.4 is 10.5 Å². The number of hydrogen-bond acceptors (Lipinski definition) is 8. The van der Waals surface area contributed by atoms with Crippen molar-refractivity contribution in [3.8, 4) is 5.75 Å². The number of rotatable bonds is 14. The van der Waals surface area contributed by atoms with Crippen LogP contribution in [0.4, 0.5) is 5.82 Å². The van der Waals surface area contributed by atoms with Gasteiger partial charge in [-0.05, 0) is 43.5 Å². The molecule has 1 amide bonds. The van der Waals surface area contributed by atoms with E-state index in [0.717, 1.165) is 33.4 Å². The topological polar surface area (TPSA) is 122 Å². The van der Waals surface area contributed by atoms with Gasteiger partial charge in [-0.2, -0.15) is 0 Å². The number of aromatic nitrogens is 3. The summed E-state index contributed by atoms with van der Waals surface area (Å²) in [4.78, 5) is 35.7. The van der Waals surface area contributed by atoms with Crippen LogP contribution in [0.1, 0.15) is 30.3 Å². The van der Waals surface area contributed by atoms with Crippen molar-refractivity contribution in [1.82, 2.24) is 19.4 Å². The number of amides is 1. The molecule has 11 heteroatoms. The number of fused-ring (bicyclic) bond motifs is 3. The third-order valence-corrected chi connectivity index (χ3v) is 7.00. The summed E-state index contributed by atoms with van der Waals surface area (Å²) in [5.74, 6) is 1.07. The van der Waals surface area contributed by atoms with E-state index >= 15 is 0 Å². The molecule has 0 spiro atoms. The summed E-state index contributed by atoms with van der Waals surface area (Å²) < 4.78 is 18.1. The molecule has 0 aliphatic carbocycles. The number of nitrogen functional groups attached to an aromatic ring is 1. The predicted octanol–water partition coefficient (Wildman–Crippen LogP) is 4.26. The second kappa shape index (κ2) is 14.1. The standard InChI is InChI=1S/C30H36ClN5O5/c1-4-40-27(38)19-41-24-16-21(11-10-20(24)2)18-35(26(37)17-31)13-7-14-36-25(12-15-39-3)34-28-29(36)22-8-5-6-9-23(22)33-30(28)32/h5-6,8-11,16H,4,7,12-15,17-19H2,1-3H3,(H2,32,33). The average molecular weight is 582 g/mol. The van der Waals surface area contributed by atoms with E-state index < -0.39 is 5.97 Å². The Morgan fingerprint density at radius 2 is 1.95 bits per heavy atom. The molecule has 0 aliphatic heterocycles. The second-order valence-corrected chi connectivity index (χ2v) is 9.90. The van der Waals surface area contributed by atoms with Crippen molar-refractivity contribution in [2.24, 2.45) is 0 Å². The van der Waals surface area contributed by atoms with Crippen LogP contribution in [0, 0.1) is 6.92 Å². The van der Waals surface area contributed by atoms with Gasteiger partial charge in [0.1, 0.15) is 23.0 Å². The minimum Gasteiger partial charge on any atom is -0.482 e. The van der Waals surface area contributed by atoms with Gasteiger partial charge in [0.15, 0.2) is 12.4 Å². The molecule has 0 atom stereocenters. The van der Waals surface area contributed by atoms with Crippen LogP contribution in [0.15, 0.2) is 42.5 Å². The van der Waals surface area contributed by atoms with Gasteiger partial charge in [-0.15, -0.1) is 11.6 Å². The van der Waals surface area contributed by atoms with E-state index in [1.54, 1.807) is 18.9 Å². The molecular formula is C30H36ClN5O5. The van der Waals surface area contributed by atoms with Gasteiger partial charge in [-0.1, -0.05) is 30.3 Å². The maximum absolute atomic E-state index is 12.8. The van der Waals surface area contributed by atoms with Gasteiger partial charge in [-0.25, -0.2) is 14.8 Å². The summed E-state index contributed by atoms with van der Waals surface area (Å²) >= 11 is 5.99. The van der Waals surface area contributed by atoms with Gasteiger partial charge in [0.25, 0.3) is 0 Å². The fourth-order valence-corrected chi connectivity index (χ4v) is 4.95. The van der Waals surface area contributed by atoms with E-state index in [-0.39, 0.29) is 18.4 Å². The van der Waals surface area contributed by atoms with Crippen molar-refractivity contribution in [2.75, 3.05) is 45.1 Å². The Labute approximate surface area is 244 Å². The highest BCUT2D eigenvalue weighted by Crippen LogP contribution is 2.29. The van der Waals surface area contributed by atoms with Gasteiger partial charge >= 0.3 is 5.97 Å². The zero-order chi connectivity index (χ0) is 29.4. The van der Waals surface area contributed by atoms with E-state index in [1.165, 1.54) is 0 Å². The van der Waals surface area contributed by atoms with Crippen molar-refractivity contribution < 1.29 is 23.8 Å². The third-order valence-electron chi connectivity index (χ3n) is 6.77. The third kappa shape index (κ3) is 7.25. The van der Waals surface area contributed by atoms with Crippen LogP contribution in [0.2, 0.25) is 0 Å². The molecule has 0 unspecified atom stereocenters. The normalized spacial score (nSPS) is 11.2. The Kier molecular flexibility index (Phi) is 10.4. The van der Waals surface area contributed by atoms with Crippen LogP contribution in [0.25, 0.3) is 21.9 Å². The molecule has 0 fully saturated rings. The van der Waals surface area contributed by atoms with Gasteiger partial charge < -0.3 is 29.4 Å². The minimum absolute atomic E-state index is 0.127. The summed E-state index contributed by atoms with van der Waals surface area (Å²) in [5, 5.41) is 0.969. The smallest absolute Gasteiger partial charge is 0.344 e. The molecule has 4 aromatic rings. The number of anilines is 1. The van der Waals surface area contributed by atoms with E-state index in [0.29, 0.717) is 62.8 Å². The summed E-state index contributed by atoms with van der Waals surface area (Å²) in [6, 6.07) is 13.5. The number of aryl methyl sites for hydroxylation is 2. The number of para-hydroxylation sites is 1. The molecule has 4 rings (SSSR count). The first-order valence-electron chi connectivity index (χ1n) is 13.6. The van der Waals surface area contributed by atoms with E-state index in [4.69, 9.17) is 36.5 Å². The molecule has 0 aliphatic rings. The first-order chi connectivity index (χ1) is 19.9. The van der Waals surface area contributed by atoms with E-state index in [2.05, 4.69) is 9.55 Å². The predicted molar refractivity (Wildman–Crippen MR) is 159 cm³/mol. The number of alkyl halides is 1. The Hall–Kier alpha value is -3.89. The summed E-state index contributed by atoms with van der Waals surface area (Å²) in [5.41, 5.74) is 10.4. The number of hydrogen-bond donors (Lipinski definition) is 1. The van der Waals surface area contributed by atoms with Crippen LogP contribution in [0.3, 0.4) is 0 Å². The zero-order valence-corrected chi connectivity index (χ0v) is 24.4. The first-order valence-corrected chi connectivity index (χ1v) is 14.1. The second-order valence-electron chi connectivity index (χ2n) is 9.63. The number of esters is 1. The molecule has 10 nitrogen and oxygen atoms in total. The lowest BCUT2D eigenvalue weighted by Gasteiger charge is -2.23. The van der Waals surface area contributed by atoms with Gasteiger partial charge in [-0.3, -0.25) is 4.79 Å². The van der Waals surface area contributed by atoms with E-state index in [1.807, 2.05) is 49.4 Å². The number of benzene rings is 2. The molecule has 2 heterocycles.